The summed E-state index contributed by atoms with van der Waals surface area (Å²) in [5.74, 6) is -0.0115. The molecule has 0 atom stereocenters. The SMILES string of the molecule is Cc1ccc(OCC(=O)N/N=C\c2ccc(C(C)C)cc2)c([N+](=O)[O-])c1. The molecule has 0 heterocycles. The molecule has 7 nitrogen and oxygen atoms in total. The van der Waals surface area contributed by atoms with Crippen molar-refractivity contribution in [3.63, 3.8) is 0 Å². The number of hydrogen-bond donors (Lipinski definition) is 1. The number of rotatable bonds is 7. The number of nitro benzene ring substituents is 1. The summed E-state index contributed by atoms with van der Waals surface area (Å²) >= 11 is 0. The zero-order chi connectivity index (χ0) is 19.1. The Balaban J connectivity index is 1.88. The second-order valence-electron chi connectivity index (χ2n) is 6.13. The molecule has 2 aromatic rings. The predicted molar refractivity (Wildman–Crippen MR) is 99.6 cm³/mol. The molecular weight excluding hydrogens is 334 g/mol. The lowest BCUT2D eigenvalue weighted by Gasteiger charge is -2.06. The molecule has 0 bridgehead atoms. The topological polar surface area (TPSA) is 93.8 Å². The Hall–Kier alpha value is -3.22. The van der Waals surface area contributed by atoms with Crippen LogP contribution in [-0.4, -0.2) is 23.7 Å². The second-order valence-corrected chi connectivity index (χ2v) is 6.13. The number of hydrogen-bond acceptors (Lipinski definition) is 5. The molecule has 0 aliphatic heterocycles. The van der Waals surface area contributed by atoms with Gasteiger partial charge in [-0.25, -0.2) is 5.43 Å². The van der Waals surface area contributed by atoms with E-state index in [0.717, 1.165) is 11.1 Å². The molecule has 0 aromatic heterocycles. The fraction of sp³-hybridized carbons (Fsp3) is 0.263. The first-order chi connectivity index (χ1) is 12.4. The number of aryl methyl sites for hydroxylation is 1. The summed E-state index contributed by atoms with van der Waals surface area (Å²) in [6, 6.07) is 12.4. The van der Waals surface area contributed by atoms with Crippen molar-refractivity contribution in [2.24, 2.45) is 5.10 Å². The molecule has 0 aliphatic carbocycles. The minimum absolute atomic E-state index is 0.0454. The summed E-state index contributed by atoms with van der Waals surface area (Å²) in [5.41, 5.74) is 4.97. The van der Waals surface area contributed by atoms with Gasteiger partial charge in [-0.1, -0.05) is 44.2 Å². The maximum absolute atomic E-state index is 11.8. The van der Waals surface area contributed by atoms with Gasteiger partial charge in [-0.3, -0.25) is 14.9 Å². The van der Waals surface area contributed by atoms with E-state index in [-0.39, 0.29) is 18.0 Å². The van der Waals surface area contributed by atoms with Crippen molar-refractivity contribution in [1.82, 2.24) is 5.43 Å². The number of nitrogens with one attached hydrogen (secondary N) is 1. The normalized spacial score (nSPS) is 10.9. The Labute approximate surface area is 151 Å². The third-order valence-corrected chi connectivity index (χ3v) is 3.68. The van der Waals surface area contributed by atoms with Crippen molar-refractivity contribution in [3.05, 3.63) is 69.3 Å². The highest BCUT2D eigenvalue weighted by molar-refractivity contribution is 5.83. The van der Waals surface area contributed by atoms with Crippen molar-refractivity contribution in [2.45, 2.75) is 26.7 Å². The van der Waals surface area contributed by atoms with Gasteiger partial charge in [0, 0.05) is 6.07 Å². The number of nitrogens with zero attached hydrogens (tertiary/aromatic N) is 2. The number of ether oxygens (including phenoxy) is 1. The van der Waals surface area contributed by atoms with Gasteiger partial charge in [0.15, 0.2) is 12.4 Å². The van der Waals surface area contributed by atoms with E-state index < -0.39 is 10.8 Å². The van der Waals surface area contributed by atoms with Crippen LogP contribution in [0.1, 0.15) is 36.5 Å². The van der Waals surface area contributed by atoms with Crippen molar-refractivity contribution in [3.8, 4) is 5.75 Å². The predicted octanol–water partition coefficient (Wildman–Crippen LogP) is 3.56. The molecule has 0 fully saturated rings. The van der Waals surface area contributed by atoms with E-state index in [1.54, 1.807) is 13.0 Å². The van der Waals surface area contributed by atoms with Crippen LogP contribution in [0.25, 0.3) is 0 Å². The van der Waals surface area contributed by atoms with Crippen molar-refractivity contribution in [1.29, 1.82) is 0 Å². The first-order valence-corrected chi connectivity index (χ1v) is 8.16. The summed E-state index contributed by atoms with van der Waals surface area (Å²) < 4.78 is 5.23. The Kier molecular flexibility index (Phi) is 6.43. The second kappa shape index (κ2) is 8.75. The quantitative estimate of drug-likeness (QED) is 0.467. The van der Waals surface area contributed by atoms with E-state index in [4.69, 9.17) is 4.74 Å². The molecular formula is C19H21N3O4. The summed E-state index contributed by atoms with van der Waals surface area (Å²) in [7, 11) is 0. The van der Waals surface area contributed by atoms with Gasteiger partial charge < -0.3 is 4.74 Å². The zero-order valence-corrected chi connectivity index (χ0v) is 14.9. The van der Waals surface area contributed by atoms with E-state index in [0.29, 0.717) is 5.92 Å². The Morgan fingerprint density at radius 2 is 1.96 bits per heavy atom. The molecule has 0 radical (unpaired) electrons. The molecule has 26 heavy (non-hydrogen) atoms. The monoisotopic (exact) mass is 355 g/mol. The number of amides is 1. The van der Waals surface area contributed by atoms with E-state index in [1.807, 2.05) is 24.3 Å². The van der Waals surface area contributed by atoms with Gasteiger partial charge in [0.1, 0.15) is 0 Å². The molecule has 1 amide bonds. The van der Waals surface area contributed by atoms with E-state index in [1.165, 1.54) is 23.9 Å². The number of benzene rings is 2. The van der Waals surface area contributed by atoms with Crippen LogP contribution < -0.4 is 10.2 Å². The van der Waals surface area contributed by atoms with Crippen molar-refractivity contribution < 1.29 is 14.5 Å². The van der Waals surface area contributed by atoms with Gasteiger partial charge in [0.25, 0.3) is 5.91 Å². The highest BCUT2D eigenvalue weighted by atomic mass is 16.6. The summed E-state index contributed by atoms with van der Waals surface area (Å²) in [5, 5.41) is 14.9. The van der Waals surface area contributed by atoms with Gasteiger partial charge in [-0.2, -0.15) is 5.10 Å². The Morgan fingerprint density at radius 3 is 2.58 bits per heavy atom. The van der Waals surface area contributed by atoms with Crippen LogP contribution >= 0.6 is 0 Å². The van der Waals surface area contributed by atoms with Crippen molar-refractivity contribution >= 4 is 17.8 Å². The number of hydrazone groups is 1. The van der Waals surface area contributed by atoms with Crippen LogP contribution in [0.2, 0.25) is 0 Å². The van der Waals surface area contributed by atoms with Crippen molar-refractivity contribution in [2.75, 3.05) is 6.61 Å². The van der Waals surface area contributed by atoms with Gasteiger partial charge in [0.05, 0.1) is 11.1 Å². The highest BCUT2D eigenvalue weighted by Crippen LogP contribution is 2.27. The van der Waals surface area contributed by atoms with Gasteiger partial charge in [-0.05, 0) is 35.6 Å². The summed E-state index contributed by atoms with van der Waals surface area (Å²) in [4.78, 5) is 22.3. The Bertz CT molecular complexity index is 814. The third kappa shape index (κ3) is 5.41. The molecule has 0 saturated heterocycles. The number of carbonyl (C=O) groups excluding carboxylic acids is 1. The number of nitro groups is 1. The fourth-order valence-corrected chi connectivity index (χ4v) is 2.21. The lowest BCUT2D eigenvalue weighted by Crippen LogP contribution is -2.24. The van der Waals surface area contributed by atoms with Crippen LogP contribution in [0.5, 0.6) is 5.75 Å². The molecule has 136 valence electrons. The molecule has 0 saturated carbocycles. The average Bonchev–Trinajstić information content (AvgIpc) is 2.61. The molecule has 7 heteroatoms. The maximum Gasteiger partial charge on any atom is 0.311 e. The fourth-order valence-electron chi connectivity index (χ4n) is 2.21. The summed E-state index contributed by atoms with van der Waals surface area (Å²) in [6.45, 7) is 5.60. The lowest BCUT2D eigenvalue weighted by atomic mass is 10.0. The maximum atomic E-state index is 11.8. The largest absolute Gasteiger partial charge is 0.477 e. The molecule has 2 rings (SSSR count). The highest BCUT2D eigenvalue weighted by Gasteiger charge is 2.16. The van der Waals surface area contributed by atoms with E-state index in [2.05, 4.69) is 24.4 Å². The van der Waals surface area contributed by atoms with Crippen LogP contribution in [0, 0.1) is 17.0 Å². The molecule has 0 aliphatic rings. The van der Waals surface area contributed by atoms with Gasteiger partial charge in [-0.15, -0.1) is 0 Å². The Morgan fingerprint density at radius 1 is 1.27 bits per heavy atom. The first kappa shape index (κ1) is 19.1. The number of carbonyl (C=O) groups is 1. The molecule has 1 N–H and O–H groups in total. The zero-order valence-electron chi connectivity index (χ0n) is 14.9. The van der Waals surface area contributed by atoms with Crippen LogP contribution in [0.15, 0.2) is 47.6 Å². The molecule has 2 aromatic carbocycles. The lowest BCUT2D eigenvalue weighted by molar-refractivity contribution is -0.385. The minimum Gasteiger partial charge on any atom is -0.477 e. The van der Waals surface area contributed by atoms with Crippen LogP contribution in [-0.2, 0) is 4.79 Å². The van der Waals surface area contributed by atoms with Gasteiger partial charge >= 0.3 is 5.69 Å². The third-order valence-electron chi connectivity index (χ3n) is 3.68. The van der Waals surface area contributed by atoms with E-state index in [9.17, 15) is 14.9 Å². The summed E-state index contributed by atoms with van der Waals surface area (Å²) in [6.07, 6.45) is 1.52. The van der Waals surface area contributed by atoms with E-state index >= 15 is 0 Å². The van der Waals surface area contributed by atoms with Crippen LogP contribution in [0.3, 0.4) is 0 Å². The minimum atomic E-state index is -0.542. The molecule has 0 spiro atoms. The first-order valence-electron chi connectivity index (χ1n) is 8.16. The van der Waals surface area contributed by atoms with Gasteiger partial charge in [0.2, 0.25) is 0 Å². The molecule has 0 unspecified atom stereocenters. The van der Waals surface area contributed by atoms with Crippen LogP contribution in [0.4, 0.5) is 5.69 Å². The standard InChI is InChI=1S/C19H21N3O4/c1-13(2)16-7-5-15(6-8-16)11-20-21-19(23)12-26-18-9-4-14(3)10-17(18)22(24)25/h4-11,13H,12H2,1-3H3,(H,21,23)/b20-11-. The smallest absolute Gasteiger partial charge is 0.311 e. The average molecular weight is 355 g/mol.